The molecule has 2 N–H and O–H groups in total. The van der Waals surface area contributed by atoms with Gasteiger partial charge in [-0.2, -0.15) is 0 Å². The number of ether oxygens (including phenoxy) is 1. The third-order valence-electron chi connectivity index (χ3n) is 3.25. The fraction of sp³-hybridized carbons (Fsp3) is 0.188. The van der Waals surface area contributed by atoms with E-state index < -0.39 is 11.4 Å². The van der Waals surface area contributed by atoms with E-state index in [2.05, 4.69) is 0 Å². The van der Waals surface area contributed by atoms with E-state index in [4.69, 9.17) is 10.5 Å². The Kier molecular flexibility index (Phi) is 3.86. The maximum absolute atomic E-state index is 13.4. The van der Waals surface area contributed by atoms with Gasteiger partial charge in [0.25, 0.3) is 0 Å². The first-order chi connectivity index (χ1) is 9.46. The summed E-state index contributed by atoms with van der Waals surface area (Å²) in [5, 5.41) is 0. The first-order valence-electron chi connectivity index (χ1n) is 6.19. The van der Waals surface area contributed by atoms with Gasteiger partial charge >= 0.3 is 0 Å². The van der Waals surface area contributed by atoms with Gasteiger partial charge in [0.15, 0.2) is 5.78 Å². The Morgan fingerprint density at radius 1 is 1.20 bits per heavy atom. The van der Waals surface area contributed by atoms with Crippen LogP contribution in [0.4, 0.5) is 4.39 Å². The molecule has 0 aliphatic rings. The van der Waals surface area contributed by atoms with Crippen LogP contribution in [0.1, 0.15) is 22.8 Å². The van der Waals surface area contributed by atoms with Crippen molar-refractivity contribution in [3.63, 3.8) is 0 Å². The minimum absolute atomic E-state index is 0.140. The lowest BCUT2D eigenvalue weighted by Gasteiger charge is -2.24. The molecule has 3 nitrogen and oxygen atoms in total. The number of ketones is 1. The SMILES string of the molecule is COc1ccc(F)cc1C(=O)C(C)(N)c1ccccc1. The third-order valence-corrected chi connectivity index (χ3v) is 3.25. The van der Waals surface area contributed by atoms with E-state index in [9.17, 15) is 9.18 Å². The zero-order chi connectivity index (χ0) is 14.8. The van der Waals surface area contributed by atoms with Crippen molar-refractivity contribution in [3.8, 4) is 5.75 Å². The van der Waals surface area contributed by atoms with Crippen molar-refractivity contribution in [1.29, 1.82) is 0 Å². The number of methoxy groups -OCH3 is 1. The normalized spacial score (nSPS) is 13.6. The summed E-state index contributed by atoms with van der Waals surface area (Å²) >= 11 is 0. The number of hydrogen-bond acceptors (Lipinski definition) is 3. The molecular formula is C16H16FNO2. The van der Waals surface area contributed by atoms with Crippen LogP contribution in [0.5, 0.6) is 5.75 Å². The van der Waals surface area contributed by atoms with Crippen LogP contribution >= 0.6 is 0 Å². The molecule has 0 amide bonds. The standard InChI is InChI=1S/C16H16FNO2/c1-16(18,11-6-4-3-5-7-11)15(19)13-10-12(17)8-9-14(13)20-2/h3-10H,18H2,1-2H3. The Hall–Kier alpha value is -2.20. The van der Waals surface area contributed by atoms with Gasteiger partial charge in [0.1, 0.15) is 17.1 Å². The number of carbonyl (C=O) groups is 1. The second kappa shape index (κ2) is 5.43. The fourth-order valence-electron chi connectivity index (χ4n) is 2.05. The van der Waals surface area contributed by atoms with E-state index in [1.807, 2.05) is 6.07 Å². The number of benzene rings is 2. The number of nitrogens with two attached hydrogens (primary N) is 1. The van der Waals surface area contributed by atoms with E-state index in [0.29, 0.717) is 11.3 Å². The predicted molar refractivity (Wildman–Crippen MR) is 75.3 cm³/mol. The Morgan fingerprint density at radius 3 is 2.45 bits per heavy atom. The second-order valence-corrected chi connectivity index (χ2v) is 4.74. The molecule has 2 aromatic rings. The molecule has 0 saturated heterocycles. The number of Topliss-reactive ketones (excluding diaryl/α,β-unsaturated/α-hetero) is 1. The van der Waals surface area contributed by atoms with E-state index >= 15 is 0 Å². The molecule has 0 saturated carbocycles. The molecule has 0 aliphatic heterocycles. The molecule has 0 spiro atoms. The highest BCUT2D eigenvalue weighted by atomic mass is 19.1. The highest BCUT2D eigenvalue weighted by Gasteiger charge is 2.33. The lowest BCUT2D eigenvalue weighted by atomic mass is 9.85. The second-order valence-electron chi connectivity index (χ2n) is 4.74. The van der Waals surface area contributed by atoms with Gasteiger partial charge in [-0.3, -0.25) is 4.79 Å². The maximum atomic E-state index is 13.4. The number of hydrogen-bond donors (Lipinski definition) is 1. The van der Waals surface area contributed by atoms with E-state index in [1.165, 1.54) is 19.2 Å². The van der Waals surface area contributed by atoms with Crippen molar-refractivity contribution in [2.75, 3.05) is 7.11 Å². The maximum Gasteiger partial charge on any atom is 0.190 e. The predicted octanol–water partition coefficient (Wildman–Crippen LogP) is 2.89. The molecule has 2 rings (SSSR count). The van der Waals surface area contributed by atoms with Crippen molar-refractivity contribution >= 4 is 5.78 Å². The van der Waals surface area contributed by atoms with Crippen molar-refractivity contribution < 1.29 is 13.9 Å². The molecule has 0 aromatic heterocycles. The first-order valence-corrected chi connectivity index (χ1v) is 6.19. The molecule has 0 heterocycles. The lowest BCUT2D eigenvalue weighted by molar-refractivity contribution is 0.0896. The van der Waals surface area contributed by atoms with Crippen molar-refractivity contribution in [1.82, 2.24) is 0 Å². The smallest absolute Gasteiger partial charge is 0.190 e. The van der Waals surface area contributed by atoms with Crippen LogP contribution in [-0.4, -0.2) is 12.9 Å². The van der Waals surface area contributed by atoms with Crippen LogP contribution in [0.25, 0.3) is 0 Å². The molecular weight excluding hydrogens is 257 g/mol. The number of carbonyl (C=O) groups excluding carboxylic acids is 1. The average Bonchev–Trinajstić information content (AvgIpc) is 2.47. The molecule has 1 unspecified atom stereocenters. The van der Waals surface area contributed by atoms with E-state index in [-0.39, 0.29) is 11.3 Å². The summed E-state index contributed by atoms with van der Waals surface area (Å²) < 4.78 is 18.5. The summed E-state index contributed by atoms with van der Waals surface area (Å²) in [4.78, 5) is 12.6. The minimum atomic E-state index is -1.25. The van der Waals surface area contributed by atoms with Gasteiger partial charge in [-0.05, 0) is 30.7 Å². The molecule has 0 aliphatic carbocycles. The van der Waals surface area contributed by atoms with Crippen LogP contribution in [0, 0.1) is 5.82 Å². The summed E-state index contributed by atoms with van der Waals surface area (Å²) in [6.45, 7) is 1.61. The lowest BCUT2D eigenvalue weighted by Crippen LogP contribution is -2.42. The summed E-state index contributed by atoms with van der Waals surface area (Å²) in [6, 6.07) is 12.8. The quantitative estimate of drug-likeness (QED) is 0.871. The van der Waals surface area contributed by atoms with Crippen molar-refractivity contribution in [3.05, 3.63) is 65.5 Å². The minimum Gasteiger partial charge on any atom is -0.496 e. The van der Waals surface area contributed by atoms with Crippen LogP contribution in [0.2, 0.25) is 0 Å². The largest absolute Gasteiger partial charge is 0.496 e. The molecule has 20 heavy (non-hydrogen) atoms. The van der Waals surface area contributed by atoms with Crippen molar-refractivity contribution in [2.45, 2.75) is 12.5 Å². The molecule has 2 aromatic carbocycles. The molecule has 104 valence electrons. The third kappa shape index (κ3) is 2.56. The molecule has 4 heteroatoms. The van der Waals surface area contributed by atoms with E-state index in [0.717, 1.165) is 6.07 Å². The molecule has 0 bridgehead atoms. The highest BCUT2D eigenvalue weighted by molar-refractivity contribution is 6.05. The number of halogens is 1. The summed E-state index contributed by atoms with van der Waals surface area (Å²) in [7, 11) is 1.43. The highest BCUT2D eigenvalue weighted by Crippen LogP contribution is 2.28. The summed E-state index contributed by atoms with van der Waals surface area (Å²) in [6.07, 6.45) is 0. The fourth-order valence-corrected chi connectivity index (χ4v) is 2.05. The topological polar surface area (TPSA) is 52.3 Å². The van der Waals surface area contributed by atoms with Crippen LogP contribution in [-0.2, 0) is 5.54 Å². The van der Waals surface area contributed by atoms with Crippen LogP contribution in [0.3, 0.4) is 0 Å². The summed E-state index contributed by atoms with van der Waals surface area (Å²) in [5.41, 5.74) is 5.72. The van der Waals surface area contributed by atoms with Crippen molar-refractivity contribution in [2.24, 2.45) is 5.73 Å². The van der Waals surface area contributed by atoms with Gasteiger partial charge in [-0.1, -0.05) is 30.3 Å². The molecule has 0 radical (unpaired) electrons. The number of rotatable bonds is 4. The van der Waals surface area contributed by atoms with Gasteiger partial charge < -0.3 is 10.5 Å². The Balaban J connectivity index is 2.48. The molecule has 0 fully saturated rings. The van der Waals surface area contributed by atoms with Gasteiger partial charge in [-0.15, -0.1) is 0 Å². The monoisotopic (exact) mass is 273 g/mol. The summed E-state index contributed by atoms with van der Waals surface area (Å²) in [5.74, 6) is -0.581. The Bertz CT molecular complexity index is 624. The van der Waals surface area contributed by atoms with Gasteiger partial charge in [0.05, 0.1) is 12.7 Å². The first kappa shape index (κ1) is 14.2. The van der Waals surface area contributed by atoms with Gasteiger partial charge in [0, 0.05) is 0 Å². The van der Waals surface area contributed by atoms with Gasteiger partial charge in [-0.25, -0.2) is 4.39 Å². The van der Waals surface area contributed by atoms with Crippen LogP contribution in [0.15, 0.2) is 48.5 Å². The zero-order valence-electron chi connectivity index (χ0n) is 11.4. The van der Waals surface area contributed by atoms with E-state index in [1.54, 1.807) is 31.2 Å². The molecule has 1 atom stereocenters. The Labute approximate surface area is 117 Å². The average molecular weight is 273 g/mol. The Morgan fingerprint density at radius 2 is 1.85 bits per heavy atom. The van der Waals surface area contributed by atoms with Crippen LogP contribution < -0.4 is 10.5 Å². The zero-order valence-corrected chi connectivity index (χ0v) is 11.4. The van der Waals surface area contributed by atoms with Gasteiger partial charge in [0.2, 0.25) is 0 Å².